The Hall–Kier alpha value is -1.43. The quantitative estimate of drug-likeness (QED) is 0.470. The molecule has 2 rings (SSSR count). The van der Waals surface area contributed by atoms with Crippen molar-refractivity contribution in [3.8, 4) is 0 Å². The highest BCUT2D eigenvalue weighted by Crippen LogP contribution is 2.38. The van der Waals surface area contributed by atoms with E-state index in [1.807, 2.05) is 0 Å². The van der Waals surface area contributed by atoms with Gasteiger partial charge in [-0.25, -0.2) is 9.59 Å². The number of carbonyl (C=O) groups is 3. The Balaban J connectivity index is 0.000000167. The lowest BCUT2D eigenvalue weighted by Crippen LogP contribution is -2.51. The predicted octanol–water partition coefficient (Wildman–Crippen LogP) is -0.515. The van der Waals surface area contributed by atoms with Gasteiger partial charge in [-0.05, 0) is 6.42 Å². The van der Waals surface area contributed by atoms with Gasteiger partial charge in [0.15, 0.2) is 0 Å². The molecular formula is C9H13NO5. The zero-order valence-corrected chi connectivity index (χ0v) is 8.15. The molecule has 0 aromatic carbocycles. The Morgan fingerprint density at radius 1 is 1.20 bits per heavy atom. The van der Waals surface area contributed by atoms with Crippen molar-refractivity contribution in [1.82, 2.24) is 5.32 Å². The number of rotatable bonds is 0. The van der Waals surface area contributed by atoms with E-state index in [2.05, 4.69) is 5.32 Å². The molecule has 6 heteroatoms. The highest BCUT2D eigenvalue weighted by atomic mass is 16.4. The van der Waals surface area contributed by atoms with E-state index in [4.69, 9.17) is 19.8 Å². The fourth-order valence-corrected chi connectivity index (χ4v) is 1.78. The van der Waals surface area contributed by atoms with Crippen LogP contribution in [0.1, 0.15) is 19.3 Å². The molecule has 2 aliphatic rings. The molecule has 3 N–H and O–H groups in total. The molecule has 0 radical (unpaired) electrons. The maximum atomic E-state index is 10.8. The molecule has 6 nitrogen and oxygen atoms in total. The number of aliphatic carboxylic acids is 2. The molecule has 15 heavy (non-hydrogen) atoms. The summed E-state index contributed by atoms with van der Waals surface area (Å²) in [6.45, 7) is 2.16. The first-order valence-corrected chi connectivity index (χ1v) is 4.64. The lowest BCUT2D eigenvalue weighted by atomic mass is 9.80. The van der Waals surface area contributed by atoms with Crippen LogP contribution in [0.5, 0.6) is 0 Å². The normalized spacial score (nSPS) is 21.5. The zero-order chi connectivity index (χ0) is 11.5. The third-order valence-electron chi connectivity index (χ3n) is 2.69. The first kappa shape index (κ1) is 11.6. The molecule has 1 saturated heterocycles. The summed E-state index contributed by atoms with van der Waals surface area (Å²) in [5, 5.41) is 18.0. The van der Waals surface area contributed by atoms with E-state index in [1.165, 1.54) is 0 Å². The Morgan fingerprint density at radius 3 is 1.87 bits per heavy atom. The molecule has 0 aromatic rings. The molecule has 1 aliphatic carbocycles. The van der Waals surface area contributed by atoms with Gasteiger partial charge >= 0.3 is 11.9 Å². The van der Waals surface area contributed by atoms with Crippen molar-refractivity contribution in [3.05, 3.63) is 0 Å². The summed E-state index contributed by atoms with van der Waals surface area (Å²) in [7, 11) is 0. The largest absolute Gasteiger partial charge is 0.473 e. The van der Waals surface area contributed by atoms with Crippen LogP contribution in [0.2, 0.25) is 0 Å². The molecule has 1 aliphatic heterocycles. The Morgan fingerprint density at radius 2 is 1.73 bits per heavy atom. The summed E-state index contributed by atoms with van der Waals surface area (Å²) in [5.41, 5.74) is 0.428. The number of ketones is 1. The van der Waals surface area contributed by atoms with E-state index in [-0.39, 0.29) is 0 Å². The molecular weight excluding hydrogens is 202 g/mol. The van der Waals surface area contributed by atoms with E-state index in [9.17, 15) is 4.79 Å². The Kier molecular flexibility index (Phi) is 3.41. The summed E-state index contributed by atoms with van der Waals surface area (Å²) in [6.07, 6.45) is 2.82. The highest BCUT2D eigenvalue weighted by molar-refractivity contribution is 6.27. The fourth-order valence-electron chi connectivity index (χ4n) is 1.78. The summed E-state index contributed by atoms with van der Waals surface area (Å²) in [4.78, 5) is 29.0. The second-order valence-corrected chi connectivity index (χ2v) is 3.93. The zero-order valence-electron chi connectivity index (χ0n) is 8.15. The molecule has 1 spiro atoms. The lowest BCUT2D eigenvalue weighted by molar-refractivity contribution is -0.159. The van der Waals surface area contributed by atoms with Gasteiger partial charge in [-0.3, -0.25) is 4.79 Å². The average molecular weight is 215 g/mol. The van der Waals surface area contributed by atoms with Crippen LogP contribution in [-0.2, 0) is 14.4 Å². The monoisotopic (exact) mass is 215 g/mol. The van der Waals surface area contributed by atoms with Gasteiger partial charge in [-0.15, -0.1) is 0 Å². The van der Waals surface area contributed by atoms with Gasteiger partial charge in [0, 0.05) is 31.3 Å². The van der Waals surface area contributed by atoms with E-state index < -0.39 is 11.9 Å². The molecule has 0 atom stereocenters. The Labute approximate surface area is 86.3 Å². The molecule has 0 unspecified atom stereocenters. The van der Waals surface area contributed by atoms with Crippen LogP contribution in [0.15, 0.2) is 0 Å². The fraction of sp³-hybridized carbons (Fsp3) is 0.667. The standard InChI is InChI=1S/C7H11NO.C2H2O4/c9-6-1-2-7(3-6)4-8-5-7;3-1(4)2(5)6/h8H,1-5H2;(H,3,4)(H,5,6). The van der Waals surface area contributed by atoms with Crippen LogP contribution in [0, 0.1) is 5.41 Å². The van der Waals surface area contributed by atoms with Gasteiger partial charge in [0.05, 0.1) is 0 Å². The van der Waals surface area contributed by atoms with Crippen molar-refractivity contribution in [3.63, 3.8) is 0 Å². The summed E-state index contributed by atoms with van der Waals surface area (Å²) in [6, 6.07) is 0. The van der Waals surface area contributed by atoms with Crippen molar-refractivity contribution in [1.29, 1.82) is 0 Å². The first-order chi connectivity index (χ1) is 6.95. The van der Waals surface area contributed by atoms with Crippen LogP contribution in [0.4, 0.5) is 0 Å². The first-order valence-electron chi connectivity index (χ1n) is 4.64. The average Bonchev–Trinajstić information content (AvgIpc) is 2.48. The maximum Gasteiger partial charge on any atom is 0.414 e. The number of hydrogen-bond donors (Lipinski definition) is 3. The number of nitrogens with one attached hydrogen (secondary N) is 1. The van der Waals surface area contributed by atoms with Crippen molar-refractivity contribution < 1.29 is 24.6 Å². The van der Waals surface area contributed by atoms with Gasteiger partial charge in [0.25, 0.3) is 0 Å². The van der Waals surface area contributed by atoms with E-state index in [0.29, 0.717) is 11.2 Å². The molecule has 0 amide bonds. The predicted molar refractivity (Wildman–Crippen MR) is 49.4 cm³/mol. The number of carboxylic acids is 2. The molecule has 0 bridgehead atoms. The van der Waals surface area contributed by atoms with Crippen LogP contribution in [-0.4, -0.2) is 41.0 Å². The minimum absolute atomic E-state index is 0.428. The van der Waals surface area contributed by atoms with Gasteiger partial charge in [-0.1, -0.05) is 0 Å². The number of carbonyl (C=O) groups excluding carboxylic acids is 1. The van der Waals surface area contributed by atoms with Gasteiger partial charge in [0.2, 0.25) is 0 Å². The Bertz CT molecular complexity index is 283. The molecule has 1 heterocycles. The third-order valence-corrected chi connectivity index (χ3v) is 2.69. The lowest BCUT2D eigenvalue weighted by Gasteiger charge is -2.38. The number of hydrogen-bond acceptors (Lipinski definition) is 4. The van der Waals surface area contributed by atoms with Gasteiger partial charge in [0.1, 0.15) is 5.78 Å². The van der Waals surface area contributed by atoms with E-state index in [0.717, 1.165) is 32.4 Å². The van der Waals surface area contributed by atoms with Crippen LogP contribution < -0.4 is 5.32 Å². The molecule has 0 aromatic heterocycles. The SMILES string of the molecule is O=C(O)C(=O)O.O=C1CCC2(CNC2)C1. The molecule has 84 valence electrons. The second kappa shape index (κ2) is 4.39. The molecule has 2 fully saturated rings. The van der Waals surface area contributed by atoms with E-state index in [1.54, 1.807) is 0 Å². The highest BCUT2D eigenvalue weighted by Gasteiger charge is 2.42. The minimum atomic E-state index is -1.82. The van der Waals surface area contributed by atoms with Gasteiger partial charge < -0.3 is 15.5 Å². The van der Waals surface area contributed by atoms with Crippen molar-refractivity contribution >= 4 is 17.7 Å². The molecule has 1 saturated carbocycles. The smallest absolute Gasteiger partial charge is 0.414 e. The summed E-state index contributed by atoms with van der Waals surface area (Å²) < 4.78 is 0. The second-order valence-electron chi connectivity index (χ2n) is 3.93. The van der Waals surface area contributed by atoms with Crippen molar-refractivity contribution in [2.24, 2.45) is 5.41 Å². The number of carboxylic acid groups (broad SMARTS) is 2. The van der Waals surface area contributed by atoms with Crippen molar-refractivity contribution in [2.75, 3.05) is 13.1 Å². The number of Topliss-reactive ketones (excluding diaryl/α,β-unsaturated/α-hetero) is 1. The summed E-state index contributed by atoms with van der Waals surface area (Å²) in [5.74, 6) is -3.18. The topological polar surface area (TPSA) is 104 Å². The van der Waals surface area contributed by atoms with Gasteiger partial charge in [-0.2, -0.15) is 0 Å². The van der Waals surface area contributed by atoms with Crippen LogP contribution in [0.25, 0.3) is 0 Å². The van der Waals surface area contributed by atoms with Crippen molar-refractivity contribution in [2.45, 2.75) is 19.3 Å². The summed E-state index contributed by atoms with van der Waals surface area (Å²) >= 11 is 0. The van der Waals surface area contributed by atoms with Crippen LogP contribution >= 0.6 is 0 Å². The van der Waals surface area contributed by atoms with Crippen LogP contribution in [0.3, 0.4) is 0 Å². The van der Waals surface area contributed by atoms with E-state index >= 15 is 0 Å². The minimum Gasteiger partial charge on any atom is -0.473 e. The third kappa shape index (κ3) is 3.02. The maximum absolute atomic E-state index is 10.8.